The van der Waals surface area contributed by atoms with Crippen LogP contribution in [0.4, 0.5) is 10.1 Å². The maximum Gasteiger partial charge on any atom is 0.264 e. The molecule has 0 aliphatic heterocycles. The minimum Gasteiger partial charge on any atom is -0.354 e. The molecule has 0 fully saturated rings. The van der Waals surface area contributed by atoms with Gasteiger partial charge in [0.15, 0.2) is 0 Å². The molecule has 33 heavy (non-hydrogen) atoms. The average molecular weight is 507 g/mol. The van der Waals surface area contributed by atoms with Crippen molar-refractivity contribution in [1.29, 1.82) is 0 Å². The molecule has 1 amide bonds. The summed E-state index contributed by atoms with van der Waals surface area (Å²) in [4.78, 5) is 12.5. The van der Waals surface area contributed by atoms with Crippen LogP contribution in [0.15, 0.2) is 83.8 Å². The largest absolute Gasteiger partial charge is 0.354 e. The number of halogens is 2. The van der Waals surface area contributed by atoms with Crippen molar-refractivity contribution < 1.29 is 17.6 Å². The molecule has 0 atom stereocenters. The highest BCUT2D eigenvalue weighted by Crippen LogP contribution is 2.24. The van der Waals surface area contributed by atoms with Crippen molar-refractivity contribution in [1.82, 2.24) is 5.32 Å². The zero-order chi connectivity index (χ0) is 23.7. The number of sulfonamides is 1. The lowest BCUT2D eigenvalue weighted by molar-refractivity contribution is -0.119. The van der Waals surface area contributed by atoms with Crippen molar-refractivity contribution in [2.75, 3.05) is 23.1 Å². The van der Waals surface area contributed by atoms with Crippen LogP contribution in [0, 0.1) is 5.82 Å². The number of nitrogens with zero attached hydrogens (tertiary/aromatic N) is 1. The van der Waals surface area contributed by atoms with Crippen LogP contribution in [0.1, 0.15) is 12.0 Å². The molecule has 0 unspecified atom stereocenters. The van der Waals surface area contributed by atoms with Crippen LogP contribution in [0.5, 0.6) is 0 Å². The Balaban J connectivity index is 1.56. The van der Waals surface area contributed by atoms with Gasteiger partial charge in [-0.2, -0.15) is 11.8 Å². The lowest BCUT2D eigenvalue weighted by atomic mass is 10.2. The molecule has 1 N–H and O–H groups in total. The van der Waals surface area contributed by atoms with E-state index in [9.17, 15) is 17.6 Å². The number of carbonyl (C=O) groups is 1. The molecule has 3 aromatic carbocycles. The summed E-state index contributed by atoms with van der Waals surface area (Å²) in [5.41, 5.74) is 1.42. The fourth-order valence-electron chi connectivity index (χ4n) is 3.03. The summed E-state index contributed by atoms with van der Waals surface area (Å²) in [6.07, 6.45) is 0.733. The minimum atomic E-state index is -4.05. The number of anilines is 1. The molecule has 0 saturated heterocycles. The van der Waals surface area contributed by atoms with Crippen molar-refractivity contribution in [2.45, 2.75) is 17.1 Å². The fraction of sp³-hybridized carbons (Fsp3) is 0.208. The van der Waals surface area contributed by atoms with Gasteiger partial charge in [-0.15, -0.1) is 0 Å². The Hall–Kier alpha value is -2.55. The van der Waals surface area contributed by atoms with Crippen LogP contribution in [-0.4, -0.2) is 33.2 Å². The van der Waals surface area contributed by atoms with Crippen LogP contribution >= 0.6 is 23.4 Å². The summed E-state index contributed by atoms with van der Waals surface area (Å²) in [7, 11) is -4.05. The SMILES string of the molecule is O=C(CN(c1ccccc1)S(=O)(=O)c1ccc(F)cc1)NCCCSCc1ccccc1Cl. The first-order valence-electron chi connectivity index (χ1n) is 10.3. The van der Waals surface area contributed by atoms with Crippen LogP contribution in [0.2, 0.25) is 5.02 Å². The Morgan fingerprint density at radius 2 is 1.64 bits per heavy atom. The van der Waals surface area contributed by atoms with Gasteiger partial charge in [-0.25, -0.2) is 12.8 Å². The van der Waals surface area contributed by atoms with E-state index in [4.69, 9.17) is 11.6 Å². The van der Waals surface area contributed by atoms with E-state index in [2.05, 4.69) is 5.32 Å². The minimum absolute atomic E-state index is 0.0866. The van der Waals surface area contributed by atoms with Gasteiger partial charge in [-0.1, -0.05) is 48.0 Å². The number of hydrogen-bond acceptors (Lipinski definition) is 4. The van der Waals surface area contributed by atoms with Gasteiger partial charge >= 0.3 is 0 Å². The predicted octanol–water partition coefficient (Wildman–Crippen LogP) is 5.11. The average Bonchev–Trinajstić information content (AvgIpc) is 2.81. The third-order valence-corrected chi connectivity index (χ3v) is 7.99. The molecule has 0 aromatic heterocycles. The molecule has 0 aliphatic rings. The van der Waals surface area contributed by atoms with E-state index in [1.807, 2.05) is 24.3 Å². The number of nitrogens with one attached hydrogen (secondary N) is 1. The highest BCUT2D eigenvalue weighted by molar-refractivity contribution is 7.98. The Morgan fingerprint density at radius 3 is 2.33 bits per heavy atom. The Labute approximate surface area is 203 Å². The molecule has 9 heteroatoms. The Morgan fingerprint density at radius 1 is 0.970 bits per heavy atom. The van der Waals surface area contributed by atoms with Gasteiger partial charge in [-0.05, 0) is 60.2 Å². The summed E-state index contributed by atoms with van der Waals surface area (Å²) in [6, 6.07) is 20.6. The zero-order valence-corrected chi connectivity index (χ0v) is 20.2. The third kappa shape index (κ3) is 7.22. The van der Waals surface area contributed by atoms with Gasteiger partial charge in [0.25, 0.3) is 10.0 Å². The number of thioether (sulfide) groups is 1. The second-order valence-electron chi connectivity index (χ2n) is 7.15. The molecule has 3 rings (SSSR count). The van der Waals surface area contributed by atoms with Crippen molar-refractivity contribution in [3.63, 3.8) is 0 Å². The molecular weight excluding hydrogens is 483 g/mol. The molecule has 5 nitrogen and oxygen atoms in total. The topological polar surface area (TPSA) is 66.5 Å². The fourth-order valence-corrected chi connectivity index (χ4v) is 5.70. The maximum atomic E-state index is 13.3. The summed E-state index contributed by atoms with van der Waals surface area (Å²) < 4.78 is 40.6. The van der Waals surface area contributed by atoms with E-state index in [0.29, 0.717) is 12.2 Å². The molecule has 0 aliphatic carbocycles. The van der Waals surface area contributed by atoms with Gasteiger partial charge in [0.1, 0.15) is 12.4 Å². The molecule has 0 saturated carbocycles. The van der Waals surface area contributed by atoms with E-state index >= 15 is 0 Å². The first kappa shape index (κ1) is 25.1. The van der Waals surface area contributed by atoms with Crippen LogP contribution < -0.4 is 9.62 Å². The lowest BCUT2D eigenvalue weighted by Gasteiger charge is -2.24. The summed E-state index contributed by atoms with van der Waals surface area (Å²) >= 11 is 7.86. The maximum absolute atomic E-state index is 13.3. The predicted molar refractivity (Wildman–Crippen MR) is 133 cm³/mol. The van der Waals surface area contributed by atoms with E-state index in [1.165, 1.54) is 12.1 Å². The van der Waals surface area contributed by atoms with Crippen LogP contribution in [0.3, 0.4) is 0 Å². The summed E-state index contributed by atoms with van der Waals surface area (Å²) in [5, 5.41) is 3.52. The standard InChI is InChI=1S/C24H24ClFN2O3S2/c25-23-10-5-4-7-19(23)18-32-16-6-15-27-24(29)17-28(21-8-2-1-3-9-21)33(30,31)22-13-11-20(26)12-14-22/h1-5,7-14H,6,15-18H2,(H,27,29). The molecular formula is C24H24ClFN2O3S2. The van der Waals surface area contributed by atoms with Crippen LogP contribution in [-0.2, 0) is 20.6 Å². The van der Waals surface area contributed by atoms with E-state index in [-0.39, 0.29) is 11.4 Å². The second-order valence-corrected chi connectivity index (χ2v) is 10.5. The van der Waals surface area contributed by atoms with Crippen molar-refractivity contribution in [3.8, 4) is 0 Å². The number of hydrogen-bond donors (Lipinski definition) is 1. The molecule has 3 aromatic rings. The van der Waals surface area contributed by atoms with Gasteiger partial charge in [0.05, 0.1) is 10.6 Å². The normalized spacial score (nSPS) is 11.2. The van der Waals surface area contributed by atoms with Crippen molar-refractivity contribution in [3.05, 3.63) is 95.3 Å². The van der Waals surface area contributed by atoms with E-state index in [0.717, 1.165) is 45.0 Å². The first-order valence-corrected chi connectivity index (χ1v) is 13.3. The van der Waals surface area contributed by atoms with Gasteiger partial charge < -0.3 is 5.32 Å². The summed E-state index contributed by atoms with van der Waals surface area (Å²) in [6.45, 7) is 0.0457. The number of amides is 1. The second kappa shape index (κ2) is 12.1. The Bertz CT molecular complexity index is 1160. The highest BCUT2D eigenvalue weighted by Gasteiger charge is 2.27. The molecule has 0 radical (unpaired) electrons. The smallest absolute Gasteiger partial charge is 0.264 e. The number of carbonyl (C=O) groups excluding carboxylic acids is 1. The van der Waals surface area contributed by atoms with E-state index < -0.39 is 21.7 Å². The third-order valence-electron chi connectivity index (χ3n) is 4.74. The molecule has 0 bridgehead atoms. The molecule has 174 valence electrons. The van der Waals surface area contributed by atoms with Crippen molar-refractivity contribution >= 4 is 45.0 Å². The zero-order valence-electron chi connectivity index (χ0n) is 17.8. The van der Waals surface area contributed by atoms with Crippen LogP contribution in [0.25, 0.3) is 0 Å². The number of para-hydroxylation sites is 1. The number of rotatable bonds is 11. The van der Waals surface area contributed by atoms with Gasteiger partial charge in [-0.3, -0.25) is 9.10 Å². The Kier molecular flexibility index (Phi) is 9.17. The van der Waals surface area contributed by atoms with Gasteiger partial charge in [0, 0.05) is 17.3 Å². The van der Waals surface area contributed by atoms with Gasteiger partial charge in [0.2, 0.25) is 5.91 Å². The van der Waals surface area contributed by atoms with E-state index in [1.54, 1.807) is 42.1 Å². The monoisotopic (exact) mass is 506 g/mol. The number of benzene rings is 3. The quantitative estimate of drug-likeness (QED) is 0.367. The first-order chi connectivity index (χ1) is 15.9. The summed E-state index contributed by atoms with van der Waals surface area (Å²) in [5.74, 6) is 0.651. The lowest BCUT2D eigenvalue weighted by Crippen LogP contribution is -2.41. The molecule has 0 heterocycles. The highest BCUT2D eigenvalue weighted by atomic mass is 35.5. The molecule has 0 spiro atoms. The van der Waals surface area contributed by atoms with Crippen molar-refractivity contribution in [2.24, 2.45) is 0 Å².